The lowest BCUT2D eigenvalue weighted by Gasteiger charge is -2.06. The largest absolute Gasteiger partial charge is 0.385 e. The van der Waals surface area contributed by atoms with Gasteiger partial charge in [0.25, 0.3) is 0 Å². The molecular weight excluding hydrogens is 221 g/mol. The molecule has 0 unspecified atom stereocenters. The summed E-state index contributed by atoms with van der Waals surface area (Å²) in [7, 11) is 1.66. The topological polar surface area (TPSA) is 51.0 Å². The maximum Gasteiger partial charge on any atom is 0.229 e. The lowest BCUT2D eigenvalue weighted by Crippen LogP contribution is -1.96. The van der Waals surface area contributed by atoms with Gasteiger partial charge in [-0.2, -0.15) is 4.98 Å². The Balaban J connectivity index is 2.48. The maximum absolute atomic E-state index is 13.6. The number of benzene rings is 1. The highest BCUT2D eigenvalue weighted by atomic mass is 19.1. The number of anilines is 1. The Labute approximate surface area is 98.8 Å². The standard InChI is InChI=1S/C12H14FN3O/c1-7(2)12-15-11(16-17-12)8-5-4-6-9(13)10(8)14-3/h4-7,14H,1-3H3. The molecular formula is C12H14FN3O. The van der Waals surface area contributed by atoms with Crippen molar-refractivity contribution >= 4 is 5.69 Å². The molecule has 1 N–H and O–H groups in total. The summed E-state index contributed by atoms with van der Waals surface area (Å²) in [6.45, 7) is 3.92. The van der Waals surface area contributed by atoms with E-state index < -0.39 is 0 Å². The van der Waals surface area contributed by atoms with Crippen LogP contribution in [-0.2, 0) is 0 Å². The number of para-hydroxylation sites is 1. The van der Waals surface area contributed by atoms with Crippen molar-refractivity contribution in [3.8, 4) is 11.4 Å². The van der Waals surface area contributed by atoms with Crippen LogP contribution in [0.15, 0.2) is 22.7 Å². The fourth-order valence-electron chi connectivity index (χ4n) is 1.54. The van der Waals surface area contributed by atoms with E-state index in [-0.39, 0.29) is 11.7 Å². The lowest BCUT2D eigenvalue weighted by molar-refractivity contribution is 0.365. The second kappa shape index (κ2) is 4.53. The van der Waals surface area contributed by atoms with E-state index in [1.54, 1.807) is 19.2 Å². The van der Waals surface area contributed by atoms with Crippen LogP contribution in [0.25, 0.3) is 11.4 Å². The Morgan fingerprint density at radius 1 is 1.35 bits per heavy atom. The summed E-state index contributed by atoms with van der Waals surface area (Å²) in [5, 5.41) is 6.67. The Morgan fingerprint density at radius 3 is 2.71 bits per heavy atom. The Bertz CT molecular complexity index is 522. The summed E-state index contributed by atoms with van der Waals surface area (Å²) in [6.07, 6.45) is 0. The van der Waals surface area contributed by atoms with Gasteiger partial charge in [0, 0.05) is 18.5 Å². The van der Waals surface area contributed by atoms with Crippen LogP contribution in [0, 0.1) is 5.82 Å². The van der Waals surface area contributed by atoms with E-state index in [0.29, 0.717) is 23.0 Å². The molecule has 0 amide bonds. The zero-order valence-electron chi connectivity index (χ0n) is 9.99. The van der Waals surface area contributed by atoms with Gasteiger partial charge in [0.15, 0.2) is 0 Å². The van der Waals surface area contributed by atoms with Crippen molar-refractivity contribution < 1.29 is 8.91 Å². The monoisotopic (exact) mass is 235 g/mol. The number of hydrogen-bond acceptors (Lipinski definition) is 4. The Kier molecular flexibility index (Phi) is 3.08. The van der Waals surface area contributed by atoms with Crippen molar-refractivity contribution in [3.63, 3.8) is 0 Å². The summed E-state index contributed by atoms with van der Waals surface area (Å²) in [4.78, 5) is 4.25. The third-order valence-corrected chi connectivity index (χ3v) is 2.44. The fourth-order valence-corrected chi connectivity index (χ4v) is 1.54. The molecule has 2 aromatic rings. The molecule has 1 aromatic heterocycles. The van der Waals surface area contributed by atoms with Crippen LogP contribution < -0.4 is 5.32 Å². The fraction of sp³-hybridized carbons (Fsp3) is 0.333. The summed E-state index contributed by atoms with van der Waals surface area (Å²) in [5.74, 6) is 0.771. The molecule has 0 atom stereocenters. The Morgan fingerprint density at radius 2 is 2.12 bits per heavy atom. The lowest BCUT2D eigenvalue weighted by atomic mass is 10.1. The second-order valence-electron chi connectivity index (χ2n) is 4.02. The molecule has 1 heterocycles. The number of rotatable bonds is 3. The third-order valence-electron chi connectivity index (χ3n) is 2.44. The van der Waals surface area contributed by atoms with Crippen molar-refractivity contribution in [3.05, 3.63) is 29.9 Å². The van der Waals surface area contributed by atoms with Gasteiger partial charge in [-0.1, -0.05) is 25.1 Å². The highest BCUT2D eigenvalue weighted by molar-refractivity contribution is 5.73. The number of halogens is 1. The summed E-state index contributed by atoms with van der Waals surface area (Å²) >= 11 is 0. The average Bonchev–Trinajstić information content (AvgIpc) is 2.77. The molecule has 0 aliphatic carbocycles. The molecule has 2 rings (SSSR count). The van der Waals surface area contributed by atoms with E-state index in [9.17, 15) is 4.39 Å². The average molecular weight is 235 g/mol. The van der Waals surface area contributed by atoms with Crippen LogP contribution in [-0.4, -0.2) is 17.2 Å². The highest BCUT2D eigenvalue weighted by Gasteiger charge is 2.15. The molecule has 4 nitrogen and oxygen atoms in total. The van der Waals surface area contributed by atoms with Gasteiger partial charge in [0.2, 0.25) is 11.7 Å². The first-order valence-corrected chi connectivity index (χ1v) is 5.43. The number of nitrogens with one attached hydrogen (secondary N) is 1. The predicted molar refractivity (Wildman–Crippen MR) is 63.3 cm³/mol. The minimum absolute atomic E-state index is 0.155. The highest BCUT2D eigenvalue weighted by Crippen LogP contribution is 2.28. The van der Waals surface area contributed by atoms with Crippen LogP contribution in [0.1, 0.15) is 25.7 Å². The molecule has 1 aromatic carbocycles. The van der Waals surface area contributed by atoms with Crippen molar-refractivity contribution in [2.45, 2.75) is 19.8 Å². The molecule has 0 saturated heterocycles. The summed E-state index contributed by atoms with van der Waals surface area (Å²) in [6, 6.07) is 4.76. The van der Waals surface area contributed by atoms with Gasteiger partial charge in [0.05, 0.1) is 5.69 Å². The minimum atomic E-state index is -0.333. The second-order valence-corrected chi connectivity index (χ2v) is 4.02. The zero-order valence-corrected chi connectivity index (χ0v) is 9.99. The molecule has 0 spiro atoms. The molecule has 90 valence electrons. The predicted octanol–water partition coefficient (Wildman–Crippen LogP) is 3.04. The van der Waals surface area contributed by atoms with E-state index in [1.807, 2.05) is 13.8 Å². The number of hydrogen-bond donors (Lipinski definition) is 1. The first-order chi connectivity index (χ1) is 8.13. The van der Waals surface area contributed by atoms with E-state index in [2.05, 4.69) is 15.5 Å². The summed E-state index contributed by atoms with van der Waals surface area (Å²) < 4.78 is 18.7. The molecule has 0 fully saturated rings. The molecule has 5 heteroatoms. The van der Waals surface area contributed by atoms with Crippen LogP contribution in [0.2, 0.25) is 0 Å². The van der Waals surface area contributed by atoms with Crippen LogP contribution in [0.4, 0.5) is 10.1 Å². The first-order valence-electron chi connectivity index (χ1n) is 5.43. The smallest absolute Gasteiger partial charge is 0.229 e. The molecule has 0 radical (unpaired) electrons. The van der Waals surface area contributed by atoms with Gasteiger partial charge in [-0.3, -0.25) is 0 Å². The van der Waals surface area contributed by atoms with Gasteiger partial charge in [-0.15, -0.1) is 0 Å². The Hall–Kier alpha value is -1.91. The van der Waals surface area contributed by atoms with E-state index in [4.69, 9.17) is 4.52 Å². The van der Waals surface area contributed by atoms with E-state index in [0.717, 1.165) is 0 Å². The third kappa shape index (κ3) is 2.13. The van der Waals surface area contributed by atoms with Crippen LogP contribution >= 0.6 is 0 Å². The number of nitrogens with zero attached hydrogens (tertiary/aromatic N) is 2. The summed E-state index contributed by atoms with van der Waals surface area (Å²) in [5.41, 5.74) is 0.978. The van der Waals surface area contributed by atoms with Gasteiger partial charge < -0.3 is 9.84 Å². The van der Waals surface area contributed by atoms with Crippen LogP contribution in [0.5, 0.6) is 0 Å². The molecule has 0 bridgehead atoms. The molecule has 0 aliphatic rings. The zero-order chi connectivity index (χ0) is 12.4. The van der Waals surface area contributed by atoms with Crippen molar-refractivity contribution in [2.75, 3.05) is 12.4 Å². The normalized spacial score (nSPS) is 10.9. The molecule has 0 aliphatic heterocycles. The van der Waals surface area contributed by atoms with Crippen molar-refractivity contribution in [1.29, 1.82) is 0 Å². The first kappa shape index (κ1) is 11.6. The van der Waals surface area contributed by atoms with Gasteiger partial charge in [-0.05, 0) is 12.1 Å². The van der Waals surface area contributed by atoms with Gasteiger partial charge >= 0.3 is 0 Å². The van der Waals surface area contributed by atoms with Gasteiger partial charge in [0.1, 0.15) is 5.82 Å². The quantitative estimate of drug-likeness (QED) is 0.888. The van der Waals surface area contributed by atoms with Crippen molar-refractivity contribution in [2.24, 2.45) is 0 Å². The van der Waals surface area contributed by atoms with E-state index in [1.165, 1.54) is 6.07 Å². The SMILES string of the molecule is CNc1c(F)cccc1-c1noc(C(C)C)n1. The van der Waals surface area contributed by atoms with E-state index >= 15 is 0 Å². The number of aromatic nitrogens is 2. The van der Waals surface area contributed by atoms with Gasteiger partial charge in [-0.25, -0.2) is 4.39 Å². The van der Waals surface area contributed by atoms with Crippen molar-refractivity contribution in [1.82, 2.24) is 10.1 Å². The maximum atomic E-state index is 13.6. The molecule has 17 heavy (non-hydrogen) atoms. The molecule has 0 saturated carbocycles. The van der Waals surface area contributed by atoms with Crippen LogP contribution in [0.3, 0.4) is 0 Å². The minimum Gasteiger partial charge on any atom is -0.385 e.